The largest absolute Gasteiger partial charge is 0.337 e. The van der Waals surface area contributed by atoms with Crippen LogP contribution in [0.15, 0.2) is 54.6 Å². The molecule has 0 spiro atoms. The van der Waals surface area contributed by atoms with Crippen LogP contribution in [0.5, 0.6) is 0 Å². The zero-order valence-corrected chi connectivity index (χ0v) is 13.9. The molecule has 2 aromatic carbocycles. The number of anilines is 1. The molecule has 124 valence electrons. The maximum Gasteiger partial charge on any atom is 0.253 e. The molecule has 3 rings (SSSR count). The highest BCUT2D eigenvalue weighted by Gasteiger charge is 2.25. The first kappa shape index (κ1) is 16.2. The van der Waals surface area contributed by atoms with Gasteiger partial charge < -0.3 is 10.2 Å². The zero-order valence-electron chi connectivity index (χ0n) is 13.9. The van der Waals surface area contributed by atoms with Gasteiger partial charge in [0, 0.05) is 30.8 Å². The summed E-state index contributed by atoms with van der Waals surface area (Å²) in [6, 6.07) is 17.0. The second-order valence-corrected chi connectivity index (χ2v) is 6.34. The number of hydrogen-bond donors (Lipinski definition) is 1. The fourth-order valence-corrected chi connectivity index (χ4v) is 2.79. The molecule has 0 aliphatic heterocycles. The van der Waals surface area contributed by atoms with E-state index < -0.39 is 0 Å². The molecule has 24 heavy (non-hydrogen) atoms. The fraction of sp³-hybridized carbons (Fsp3) is 0.300. The summed E-state index contributed by atoms with van der Waals surface area (Å²) in [7, 11) is 1.79. The Labute approximate surface area is 142 Å². The number of benzene rings is 2. The van der Waals surface area contributed by atoms with E-state index in [2.05, 4.69) is 5.32 Å². The highest BCUT2D eigenvalue weighted by molar-refractivity contribution is 5.97. The van der Waals surface area contributed by atoms with Crippen LogP contribution in [0, 0.1) is 5.92 Å². The maximum atomic E-state index is 12.6. The van der Waals surface area contributed by atoms with E-state index in [0.29, 0.717) is 17.8 Å². The van der Waals surface area contributed by atoms with E-state index in [9.17, 15) is 9.59 Å². The highest BCUT2D eigenvalue weighted by atomic mass is 16.2. The number of nitrogens with zero attached hydrogens (tertiary/aromatic N) is 1. The summed E-state index contributed by atoms with van der Waals surface area (Å²) in [4.78, 5) is 26.3. The molecule has 0 aromatic heterocycles. The van der Waals surface area contributed by atoms with Gasteiger partial charge >= 0.3 is 0 Å². The van der Waals surface area contributed by atoms with Crippen LogP contribution >= 0.6 is 0 Å². The van der Waals surface area contributed by atoms with Crippen LogP contribution in [0.4, 0.5) is 5.69 Å². The first-order chi connectivity index (χ1) is 11.6. The molecular weight excluding hydrogens is 300 g/mol. The third-order valence-electron chi connectivity index (χ3n) is 4.46. The molecule has 0 radical (unpaired) electrons. The van der Waals surface area contributed by atoms with Crippen LogP contribution < -0.4 is 5.32 Å². The Kier molecular flexibility index (Phi) is 4.94. The lowest BCUT2D eigenvalue weighted by Crippen LogP contribution is -2.28. The van der Waals surface area contributed by atoms with Crippen LogP contribution in [-0.4, -0.2) is 23.8 Å². The third-order valence-corrected chi connectivity index (χ3v) is 4.46. The second kappa shape index (κ2) is 7.30. The lowest BCUT2D eigenvalue weighted by atomic mass is 9.85. The molecule has 0 atom stereocenters. The van der Waals surface area contributed by atoms with Crippen molar-refractivity contribution in [3.05, 3.63) is 65.7 Å². The van der Waals surface area contributed by atoms with Crippen molar-refractivity contribution in [2.24, 2.45) is 5.92 Å². The van der Waals surface area contributed by atoms with E-state index >= 15 is 0 Å². The highest BCUT2D eigenvalue weighted by Crippen LogP contribution is 2.27. The van der Waals surface area contributed by atoms with Crippen molar-refractivity contribution in [2.45, 2.75) is 25.8 Å². The Bertz CT molecular complexity index is 723. The molecule has 0 unspecified atom stereocenters. The molecule has 4 nitrogen and oxygen atoms in total. The SMILES string of the molecule is CN(Cc1ccccc1)C(=O)c1cccc(NC(=O)C2CCC2)c1. The Morgan fingerprint density at radius 2 is 1.83 bits per heavy atom. The zero-order chi connectivity index (χ0) is 16.9. The normalized spacial score (nSPS) is 13.9. The van der Waals surface area contributed by atoms with Gasteiger partial charge in [-0.25, -0.2) is 0 Å². The van der Waals surface area contributed by atoms with Crippen LogP contribution in [0.2, 0.25) is 0 Å². The number of amides is 2. The minimum Gasteiger partial charge on any atom is -0.337 e. The molecule has 0 bridgehead atoms. The van der Waals surface area contributed by atoms with Gasteiger partial charge in [-0.05, 0) is 36.6 Å². The number of rotatable bonds is 5. The molecule has 4 heteroatoms. The molecule has 1 fully saturated rings. The Morgan fingerprint density at radius 3 is 2.50 bits per heavy atom. The minimum absolute atomic E-state index is 0.0569. The molecule has 0 saturated heterocycles. The molecule has 2 amide bonds. The van der Waals surface area contributed by atoms with Crippen LogP contribution in [0.1, 0.15) is 35.2 Å². The molecule has 2 aromatic rings. The Morgan fingerprint density at radius 1 is 1.08 bits per heavy atom. The number of nitrogens with one attached hydrogen (secondary N) is 1. The third kappa shape index (κ3) is 3.82. The quantitative estimate of drug-likeness (QED) is 0.912. The summed E-state index contributed by atoms with van der Waals surface area (Å²) >= 11 is 0. The van der Waals surface area contributed by atoms with Crippen molar-refractivity contribution in [1.82, 2.24) is 4.90 Å². The maximum absolute atomic E-state index is 12.6. The van der Waals surface area contributed by atoms with Gasteiger partial charge in [0.15, 0.2) is 0 Å². The van der Waals surface area contributed by atoms with Crippen molar-refractivity contribution in [2.75, 3.05) is 12.4 Å². The van der Waals surface area contributed by atoms with Gasteiger partial charge in [-0.2, -0.15) is 0 Å². The van der Waals surface area contributed by atoms with E-state index in [1.54, 1.807) is 30.1 Å². The Hall–Kier alpha value is -2.62. The van der Waals surface area contributed by atoms with Crippen molar-refractivity contribution < 1.29 is 9.59 Å². The average Bonchev–Trinajstić information content (AvgIpc) is 2.53. The number of carbonyl (C=O) groups excluding carboxylic acids is 2. The summed E-state index contributed by atoms with van der Waals surface area (Å²) in [6.45, 7) is 0.554. The molecule has 1 N–H and O–H groups in total. The topological polar surface area (TPSA) is 49.4 Å². The first-order valence-corrected chi connectivity index (χ1v) is 8.34. The lowest BCUT2D eigenvalue weighted by molar-refractivity contribution is -0.122. The van der Waals surface area contributed by atoms with Gasteiger partial charge in [0.25, 0.3) is 5.91 Å². The monoisotopic (exact) mass is 322 g/mol. The van der Waals surface area contributed by atoms with Crippen LogP contribution in [-0.2, 0) is 11.3 Å². The molecule has 1 aliphatic rings. The number of carbonyl (C=O) groups is 2. The summed E-state index contributed by atoms with van der Waals surface area (Å²) in [6.07, 6.45) is 3.05. The number of hydrogen-bond acceptors (Lipinski definition) is 2. The van der Waals surface area contributed by atoms with E-state index in [4.69, 9.17) is 0 Å². The molecule has 1 aliphatic carbocycles. The van der Waals surface area contributed by atoms with E-state index in [0.717, 1.165) is 24.8 Å². The van der Waals surface area contributed by atoms with Crippen molar-refractivity contribution in [3.63, 3.8) is 0 Å². The average molecular weight is 322 g/mol. The van der Waals surface area contributed by atoms with Gasteiger partial charge in [-0.3, -0.25) is 9.59 Å². The van der Waals surface area contributed by atoms with E-state index in [1.165, 1.54) is 0 Å². The molecule has 0 heterocycles. The van der Waals surface area contributed by atoms with Crippen LogP contribution in [0.25, 0.3) is 0 Å². The fourth-order valence-electron chi connectivity index (χ4n) is 2.79. The summed E-state index contributed by atoms with van der Waals surface area (Å²) < 4.78 is 0. The van der Waals surface area contributed by atoms with Gasteiger partial charge in [-0.15, -0.1) is 0 Å². The van der Waals surface area contributed by atoms with E-state index in [1.807, 2.05) is 36.4 Å². The predicted octanol–water partition coefficient (Wildman–Crippen LogP) is 3.70. The summed E-state index contributed by atoms with van der Waals surface area (Å²) in [5, 5.41) is 2.92. The van der Waals surface area contributed by atoms with Crippen molar-refractivity contribution >= 4 is 17.5 Å². The lowest BCUT2D eigenvalue weighted by Gasteiger charge is -2.24. The molecular formula is C20H22N2O2. The minimum atomic E-state index is -0.0569. The van der Waals surface area contributed by atoms with Crippen molar-refractivity contribution in [1.29, 1.82) is 0 Å². The summed E-state index contributed by atoms with van der Waals surface area (Å²) in [5.74, 6) is 0.132. The van der Waals surface area contributed by atoms with Gasteiger partial charge in [-0.1, -0.05) is 42.8 Å². The van der Waals surface area contributed by atoms with Gasteiger partial charge in [0.05, 0.1) is 0 Å². The summed E-state index contributed by atoms with van der Waals surface area (Å²) in [5.41, 5.74) is 2.36. The second-order valence-electron chi connectivity index (χ2n) is 6.34. The van der Waals surface area contributed by atoms with Crippen molar-refractivity contribution in [3.8, 4) is 0 Å². The standard InChI is InChI=1S/C20H22N2O2/c1-22(14-15-7-3-2-4-8-15)20(24)17-11-6-12-18(13-17)21-19(23)16-9-5-10-16/h2-4,6-8,11-13,16H,5,9-10,14H2,1H3,(H,21,23). The smallest absolute Gasteiger partial charge is 0.253 e. The molecule has 1 saturated carbocycles. The Balaban J connectivity index is 1.66. The predicted molar refractivity (Wildman–Crippen MR) is 94.7 cm³/mol. The van der Waals surface area contributed by atoms with Gasteiger partial charge in [0.1, 0.15) is 0 Å². The van der Waals surface area contributed by atoms with Gasteiger partial charge in [0.2, 0.25) is 5.91 Å². The first-order valence-electron chi connectivity index (χ1n) is 8.34. The van der Waals surface area contributed by atoms with Crippen LogP contribution in [0.3, 0.4) is 0 Å². The van der Waals surface area contributed by atoms with E-state index in [-0.39, 0.29) is 17.7 Å².